The highest BCUT2D eigenvalue weighted by Crippen LogP contribution is 2.20. The summed E-state index contributed by atoms with van der Waals surface area (Å²) in [5.41, 5.74) is 1.49. The van der Waals surface area contributed by atoms with Crippen LogP contribution in [0.25, 0.3) is 0 Å². The molecule has 2 aromatic rings. The summed E-state index contributed by atoms with van der Waals surface area (Å²) in [6, 6.07) is 13.3. The maximum absolute atomic E-state index is 12.3. The van der Waals surface area contributed by atoms with E-state index in [1.165, 1.54) is 18.2 Å². The molecule has 0 aliphatic carbocycles. The van der Waals surface area contributed by atoms with Crippen molar-refractivity contribution >= 4 is 17.5 Å². The van der Waals surface area contributed by atoms with Crippen LogP contribution in [0.3, 0.4) is 0 Å². The van der Waals surface area contributed by atoms with Crippen molar-refractivity contribution in [2.24, 2.45) is 0 Å². The van der Waals surface area contributed by atoms with Crippen molar-refractivity contribution < 1.29 is 27.5 Å². The molecule has 0 heterocycles. The van der Waals surface area contributed by atoms with E-state index >= 15 is 0 Å². The topological polar surface area (TPSA) is 67.4 Å². The summed E-state index contributed by atoms with van der Waals surface area (Å²) in [7, 11) is 1.56. The second-order valence-electron chi connectivity index (χ2n) is 5.74. The molecule has 0 saturated carbocycles. The third-order valence-corrected chi connectivity index (χ3v) is 3.75. The molecular weight excluding hydrogens is 361 g/mol. The first kappa shape index (κ1) is 20.3. The Morgan fingerprint density at radius 1 is 1.07 bits per heavy atom. The molecule has 0 aliphatic heterocycles. The Kier molecular flexibility index (Phi) is 6.81. The Bertz CT molecular complexity index is 807. The molecular formula is C19H19F3N2O3. The van der Waals surface area contributed by atoms with Crippen molar-refractivity contribution in [3.63, 3.8) is 0 Å². The van der Waals surface area contributed by atoms with Crippen LogP contribution in [0.15, 0.2) is 48.5 Å². The van der Waals surface area contributed by atoms with Crippen LogP contribution in [0.5, 0.6) is 5.75 Å². The van der Waals surface area contributed by atoms with Crippen LogP contribution in [-0.4, -0.2) is 25.1 Å². The maximum Gasteiger partial charge on any atom is 0.471 e. The summed E-state index contributed by atoms with van der Waals surface area (Å²) in [6.45, 7) is 0.139. The zero-order valence-corrected chi connectivity index (χ0v) is 14.6. The zero-order chi connectivity index (χ0) is 19.9. The fourth-order valence-electron chi connectivity index (χ4n) is 2.41. The number of hydrogen-bond donors (Lipinski definition) is 2. The first-order valence-electron chi connectivity index (χ1n) is 8.15. The van der Waals surface area contributed by atoms with Crippen LogP contribution < -0.4 is 15.4 Å². The van der Waals surface area contributed by atoms with Crippen LogP contribution in [0.1, 0.15) is 17.5 Å². The number of para-hydroxylation sites is 1. The van der Waals surface area contributed by atoms with E-state index in [4.69, 9.17) is 4.74 Å². The number of benzene rings is 2. The molecule has 0 bridgehead atoms. The average molecular weight is 380 g/mol. The molecule has 0 aliphatic rings. The highest BCUT2D eigenvalue weighted by atomic mass is 19.4. The molecule has 0 fully saturated rings. The molecule has 0 unspecified atom stereocenters. The molecule has 0 radical (unpaired) electrons. The van der Waals surface area contributed by atoms with Crippen molar-refractivity contribution in [2.45, 2.75) is 25.6 Å². The van der Waals surface area contributed by atoms with E-state index in [1.807, 2.05) is 24.3 Å². The maximum atomic E-state index is 12.3. The van der Waals surface area contributed by atoms with E-state index in [0.29, 0.717) is 17.7 Å². The summed E-state index contributed by atoms with van der Waals surface area (Å²) in [4.78, 5) is 23.0. The van der Waals surface area contributed by atoms with Gasteiger partial charge in [0.05, 0.1) is 7.11 Å². The summed E-state index contributed by atoms with van der Waals surface area (Å²) >= 11 is 0. The van der Waals surface area contributed by atoms with Crippen molar-refractivity contribution in [3.05, 3.63) is 59.7 Å². The highest BCUT2D eigenvalue weighted by molar-refractivity contribution is 5.94. The number of carbonyl (C=O) groups excluding carboxylic acids is 2. The van der Waals surface area contributed by atoms with Crippen LogP contribution in [0.4, 0.5) is 18.9 Å². The fraction of sp³-hybridized carbons (Fsp3) is 0.263. The van der Waals surface area contributed by atoms with Crippen LogP contribution >= 0.6 is 0 Å². The number of ether oxygens (including phenoxy) is 1. The molecule has 2 rings (SSSR count). The fourth-order valence-corrected chi connectivity index (χ4v) is 2.41. The predicted molar refractivity (Wildman–Crippen MR) is 94.3 cm³/mol. The van der Waals surface area contributed by atoms with Crippen LogP contribution in [0, 0.1) is 0 Å². The quantitative estimate of drug-likeness (QED) is 0.773. The van der Waals surface area contributed by atoms with Crippen molar-refractivity contribution in [1.29, 1.82) is 0 Å². The number of nitrogens with one attached hydrogen (secondary N) is 2. The van der Waals surface area contributed by atoms with E-state index < -0.39 is 12.1 Å². The van der Waals surface area contributed by atoms with Gasteiger partial charge in [0.1, 0.15) is 5.75 Å². The number of rotatable bonds is 7. The van der Waals surface area contributed by atoms with Crippen LogP contribution in [-0.2, 0) is 22.6 Å². The van der Waals surface area contributed by atoms with Gasteiger partial charge in [0.2, 0.25) is 5.91 Å². The minimum absolute atomic E-state index is 0.0121. The Morgan fingerprint density at radius 3 is 2.52 bits per heavy atom. The zero-order valence-electron chi connectivity index (χ0n) is 14.6. The first-order valence-corrected chi connectivity index (χ1v) is 8.15. The molecule has 144 valence electrons. The molecule has 0 saturated heterocycles. The Labute approximate surface area is 154 Å². The van der Waals surface area contributed by atoms with Gasteiger partial charge in [0.25, 0.3) is 0 Å². The minimum Gasteiger partial charge on any atom is -0.496 e. The lowest BCUT2D eigenvalue weighted by atomic mass is 10.1. The van der Waals surface area contributed by atoms with E-state index in [1.54, 1.807) is 18.5 Å². The van der Waals surface area contributed by atoms with Gasteiger partial charge in [0.15, 0.2) is 0 Å². The van der Waals surface area contributed by atoms with Crippen molar-refractivity contribution in [1.82, 2.24) is 5.32 Å². The smallest absolute Gasteiger partial charge is 0.471 e. The number of hydrogen-bond acceptors (Lipinski definition) is 3. The number of anilines is 1. The third-order valence-electron chi connectivity index (χ3n) is 3.75. The minimum atomic E-state index is -4.96. The van der Waals surface area contributed by atoms with Gasteiger partial charge in [-0.25, -0.2) is 0 Å². The predicted octanol–water partition coefficient (Wildman–Crippen LogP) is 3.45. The lowest BCUT2D eigenvalue weighted by Gasteiger charge is -2.11. The standard InChI is InChI=1S/C19H19F3N2O3/c1-27-16-8-3-2-6-14(16)9-10-17(25)23-12-13-5-4-7-15(11-13)24-18(26)19(20,21)22/h2-8,11H,9-10,12H2,1H3,(H,23,25)(H,24,26). The normalized spacial score (nSPS) is 11.0. The summed E-state index contributed by atoms with van der Waals surface area (Å²) in [5, 5.41) is 4.48. The molecule has 0 spiro atoms. The van der Waals surface area contributed by atoms with Gasteiger partial charge < -0.3 is 15.4 Å². The molecule has 0 aromatic heterocycles. The average Bonchev–Trinajstić information content (AvgIpc) is 2.64. The van der Waals surface area contributed by atoms with Gasteiger partial charge in [-0.3, -0.25) is 9.59 Å². The van der Waals surface area contributed by atoms with Crippen molar-refractivity contribution in [3.8, 4) is 5.75 Å². The van der Waals surface area contributed by atoms with E-state index in [9.17, 15) is 22.8 Å². The van der Waals surface area contributed by atoms with Gasteiger partial charge in [-0.05, 0) is 35.7 Å². The van der Waals surface area contributed by atoms with Gasteiger partial charge in [0, 0.05) is 18.7 Å². The Balaban J connectivity index is 1.86. The second-order valence-corrected chi connectivity index (χ2v) is 5.74. The number of alkyl halides is 3. The molecule has 0 atom stereocenters. The molecule has 5 nitrogen and oxygen atoms in total. The Morgan fingerprint density at radius 2 is 1.81 bits per heavy atom. The van der Waals surface area contributed by atoms with Crippen LogP contribution in [0.2, 0.25) is 0 Å². The van der Waals surface area contributed by atoms with E-state index in [0.717, 1.165) is 5.56 Å². The van der Waals surface area contributed by atoms with Gasteiger partial charge in [-0.1, -0.05) is 30.3 Å². The lowest BCUT2D eigenvalue weighted by Crippen LogP contribution is -2.30. The number of amides is 2. The third kappa shape index (κ3) is 6.32. The molecule has 2 aromatic carbocycles. The SMILES string of the molecule is COc1ccccc1CCC(=O)NCc1cccc(NC(=O)C(F)(F)F)c1. The molecule has 2 N–H and O–H groups in total. The summed E-state index contributed by atoms with van der Waals surface area (Å²) in [6.07, 6.45) is -4.22. The van der Waals surface area contributed by atoms with E-state index in [2.05, 4.69) is 5.32 Å². The first-order chi connectivity index (χ1) is 12.8. The Hall–Kier alpha value is -3.03. The van der Waals surface area contributed by atoms with Gasteiger partial charge >= 0.3 is 12.1 Å². The molecule has 2 amide bonds. The molecule has 27 heavy (non-hydrogen) atoms. The number of aryl methyl sites for hydroxylation is 1. The van der Waals surface area contributed by atoms with Gasteiger partial charge in [-0.15, -0.1) is 0 Å². The van der Waals surface area contributed by atoms with Crippen molar-refractivity contribution in [2.75, 3.05) is 12.4 Å². The van der Waals surface area contributed by atoms with Gasteiger partial charge in [-0.2, -0.15) is 13.2 Å². The number of methoxy groups -OCH3 is 1. The lowest BCUT2D eigenvalue weighted by molar-refractivity contribution is -0.167. The number of carbonyl (C=O) groups is 2. The summed E-state index contributed by atoms with van der Waals surface area (Å²) in [5.74, 6) is -1.54. The monoisotopic (exact) mass is 380 g/mol. The second kappa shape index (κ2) is 9.07. The summed E-state index contributed by atoms with van der Waals surface area (Å²) < 4.78 is 42.1. The molecule has 8 heteroatoms. The highest BCUT2D eigenvalue weighted by Gasteiger charge is 2.38. The number of halogens is 3. The van der Waals surface area contributed by atoms with E-state index in [-0.39, 0.29) is 24.6 Å². The largest absolute Gasteiger partial charge is 0.496 e.